The van der Waals surface area contributed by atoms with Gasteiger partial charge < -0.3 is 19.9 Å². The molecular weight excluding hydrogens is 308 g/mol. The van der Waals surface area contributed by atoms with Crippen LogP contribution in [-0.4, -0.2) is 77.4 Å². The number of nitrogens with one attached hydrogen (secondary N) is 1. The second-order valence-electron chi connectivity index (χ2n) is 6.24. The van der Waals surface area contributed by atoms with Gasteiger partial charge in [0.2, 0.25) is 0 Å². The first kappa shape index (κ1) is 16.8. The minimum Gasteiger partial charge on any atom is -0.368 e. The highest BCUT2D eigenvalue weighted by molar-refractivity contribution is 5.82. The monoisotopic (exact) mass is 334 g/mol. The van der Waals surface area contributed by atoms with E-state index in [0.29, 0.717) is 26.2 Å². The number of aliphatic imine (C=N–C) groups is 1. The van der Waals surface area contributed by atoms with Crippen LogP contribution in [0.5, 0.6) is 0 Å². The minimum absolute atomic E-state index is 0.144. The zero-order chi connectivity index (χ0) is 16.9. The summed E-state index contributed by atoms with van der Waals surface area (Å²) < 4.78 is 7.29. The fourth-order valence-corrected chi connectivity index (χ4v) is 3.19. The van der Waals surface area contributed by atoms with Crippen molar-refractivity contribution in [2.45, 2.75) is 25.5 Å². The molecule has 8 heteroatoms. The quantitative estimate of drug-likeness (QED) is 0.613. The van der Waals surface area contributed by atoms with Crippen molar-refractivity contribution >= 4 is 11.9 Å². The van der Waals surface area contributed by atoms with E-state index in [1.807, 2.05) is 24.3 Å². The highest BCUT2D eigenvalue weighted by Gasteiger charge is 2.30. The molecule has 2 fully saturated rings. The third-order valence-electron chi connectivity index (χ3n) is 4.52. The average molecular weight is 334 g/mol. The molecule has 1 amide bonds. The molecule has 24 heavy (non-hydrogen) atoms. The highest BCUT2D eigenvalue weighted by atomic mass is 16.5. The van der Waals surface area contributed by atoms with Crippen molar-refractivity contribution in [3.63, 3.8) is 0 Å². The van der Waals surface area contributed by atoms with Gasteiger partial charge in [-0.15, -0.1) is 0 Å². The lowest BCUT2D eigenvalue weighted by Gasteiger charge is -2.37. The molecule has 8 nitrogen and oxygen atoms in total. The average Bonchev–Trinajstić information content (AvgIpc) is 3.27. The van der Waals surface area contributed by atoms with Gasteiger partial charge in [0.15, 0.2) is 5.96 Å². The number of carbonyl (C=O) groups is 1. The van der Waals surface area contributed by atoms with Crippen molar-refractivity contribution in [2.24, 2.45) is 12.0 Å². The third-order valence-corrected chi connectivity index (χ3v) is 4.52. The summed E-state index contributed by atoms with van der Waals surface area (Å²) in [6.07, 6.45) is 5.45. The molecule has 0 bridgehead atoms. The first-order chi connectivity index (χ1) is 11.7. The minimum atomic E-state index is -0.223. The van der Waals surface area contributed by atoms with Crippen molar-refractivity contribution in [3.05, 3.63) is 18.0 Å². The maximum atomic E-state index is 12.4. The largest absolute Gasteiger partial charge is 0.368 e. The molecule has 0 radical (unpaired) electrons. The molecule has 2 aliphatic heterocycles. The van der Waals surface area contributed by atoms with Gasteiger partial charge in [-0.25, -0.2) is 0 Å². The first-order valence-corrected chi connectivity index (χ1v) is 8.51. The number of aryl methyl sites for hydroxylation is 1. The Hall–Kier alpha value is -2.09. The van der Waals surface area contributed by atoms with Gasteiger partial charge in [0.1, 0.15) is 6.10 Å². The number of rotatable bonds is 3. The van der Waals surface area contributed by atoms with Gasteiger partial charge in [0.05, 0.1) is 6.20 Å². The van der Waals surface area contributed by atoms with Gasteiger partial charge in [-0.1, -0.05) is 0 Å². The molecule has 2 saturated heterocycles. The second kappa shape index (κ2) is 7.65. The topological polar surface area (TPSA) is 75.0 Å². The van der Waals surface area contributed by atoms with Crippen LogP contribution < -0.4 is 5.32 Å². The molecule has 1 N–H and O–H groups in total. The summed E-state index contributed by atoms with van der Waals surface area (Å²) in [4.78, 5) is 20.9. The van der Waals surface area contributed by atoms with Crippen molar-refractivity contribution in [2.75, 3.05) is 39.8 Å². The Morgan fingerprint density at radius 1 is 1.38 bits per heavy atom. The summed E-state index contributed by atoms with van der Waals surface area (Å²) in [7, 11) is 3.69. The zero-order valence-electron chi connectivity index (χ0n) is 14.4. The number of aromatic nitrogens is 2. The fraction of sp³-hybridized carbons (Fsp3) is 0.688. The summed E-state index contributed by atoms with van der Waals surface area (Å²) in [5.74, 6) is 1.01. The van der Waals surface area contributed by atoms with Crippen LogP contribution in [0.4, 0.5) is 0 Å². The van der Waals surface area contributed by atoms with E-state index in [4.69, 9.17) is 4.74 Å². The van der Waals surface area contributed by atoms with Gasteiger partial charge in [0.25, 0.3) is 5.91 Å². The molecule has 1 aromatic heterocycles. The van der Waals surface area contributed by atoms with Gasteiger partial charge in [0, 0.05) is 65.2 Å². The van der Waals surface area contributed by atoms with Crippen LogP contribution in [-0.2, 0) is 23.1 Å². The number of hydrogen-bond donors (Lipinski definition) is 1. The number of piperazine rings is 1. The predicted molar refractivity (Wildman–Crippen MR) is 90.5 cm³/mol. The van der Waals surface area contributed by atoms with Crippen molar-refractivity contribution in [1.82, 2.24) is 24.9 Å². The summed E-state index contributed by atoms with van der Waals surface area (Å²) in [6, 6.07) is 0. The standard InChI is InChI=1S/C16H26N6O2/c1-17-16(18-10-13-11-19-20(2)12-13)22-7-5-21(6-8-22)15(23)14-4-3-9-24-14/h11-12,14H,3-10H2,1-2H3,(H,17,18). The van der Waals surface area contributed by atoms with E-state index in [0.717, 1.165) is 37.5 Å². The van der Waals surface area contributed by atoms with Crippen LogP contribution in [0.2, 0.25) is 0 Å². The van der Waals surface area contributed by atoms with E-state index < -0.39 is 0 Å². The maximum absolute atomic E-state index is 12.4. The van der Waals surface area contributed by atoms with Crippen LogP contribution >= 0.6 is 0 Å². The van der Waals surface area contributed by atoms with Gasteiger partial charge in [-0.3, -0.25) is 14.5 Å². The number of nitrogens with zero attached hydrogens (tertiary/aromatic N) is 5. The zero-order valence-corrected chi connectivity index (χ0v) is 14.4. The summed E-state index contributed by atoms with van der Waals surface area (Å²) in [5.41, 5.74) is 1.12. The molecule has 1 atom stereocenters. The SMILES string of the molecule is CN=C(NCc1cnn(C)c1)N1CCN(C(=O)C2CCCO2)CC1. The Morgan fingerprint density at radius 3 is 2.71 bits per heavy atom. The van der Waals surface area contributed by atoms with Gasteiger partial charge in [-0.05, 0) is 12.8 Å². The molecule has 132 valence electrons. The summed E-state index contributed by atoms with van der Waals surface area (Å²) >= 11 is 0. The van der Waals surface area contributed by atoms with Gasteiger partial charge >= 0.3 is 0 Å². The molecule has 3 heterocycles. The molecule has 0 spiro atoms. The van der Waals surface area contributed by atoms with E-state index in [1.165, 1.54) is 0 Å². The Kier molecular flexibility index (Phi) is 5.34. The van der Waals surface area contributed by atoms with Crippen LogP contribution in [0, 0.1) is 0 Å². The Balaban J connectivity index is 1.48. The van der Waals surface area contributed by atoms with Crippen LogP contribution in [0.25, 0.3) is 0 Å². The molecule has 0 aliphatic carbocycles. The van der Waals surface area contributed by atoms with E-state index >= 15 is 0 Å². The number of guanidine groups is 1. The van der Waals surface area contributed by atoms with E-state index in [9.17, 15) is 4.79 Å². The normalized spacial score (nSPS) is 22.1. The highest BCUT2D eigenvalue weighted by Crippen LogP contribution is 2.16. The fourth-order valence-electron chi connectivity index (χ4n) is 3.19. The molecule has 3 rings (SSSR count). The Bertz CT molecular complexity index is 585. The van der Waals surface area contributed by atoms with Crippen molar-refractivity contribution in [1.29, 1.82) is 0 Å². The Morgan fingerprint density at radius 2 is 2.12 bits per heavy atom. The number of amides is 1. The molecule has 1 aromatic rings. The molecule has 0 aromatic carbocycles. The number of ether oxygens (including phenoxy) is 1. The second-order valence-corrected chi connectivity index (χ2v) is 6.24. The first-order valence-electron chi connectivity index (χ1n) is 8.51. The van der Waals surface area contributed by atoms with Crippen molar-refractivity contribution < 1.29 is 9.53 Å². The molecular formula is C16H26N6O2. The summed E-state index contributed by atoms with van der Waals surface area (Å²) in [5, 5.41) is 7.53. The van der Waals surface area contributed by atoms with E-state index in [1.54, 1.807) is 11.7 Å². The third kappa shape index (κ3) is 3.87. The van der Waals surface area contributed by atoms with Crippen LogP contribution in [0.3, 0.4) is 0 Å². The smallest absolute Gasteiger partial charge is 0.251 e. The molecule has 0 saturated carbocycles. The molecule has 1 unspecified atom stereocenters. The predicted octanol–water partition coefficient (Wildman–Crippen LogP) is -0.181. The van der Waals surface area contributed by atoms with E-state index in [2.05, 4.69) is 20.3 Å². The van der Waals surface area contributed by atoms with Crippen LogP contribution in [0.15, 0.2) is 17.4 Å². The maximum Gasteiger partial charge on any atom is 0.251 e. The lowest BCUT2D eigenvalue weighted by Crippen LogP contribution is -2.55. The lowest BCUT2D eigenvalue weighted by atomic mass is 10.2. The lowest BCUT2D eigenvalue weighted by molar-refractivity contribution is -0.142. The van der Waals surface area contributed by atoms with Crippen molar-refractivity contribution in [3.8, 4) is 0 Å². The number of hydrogen-bond acceptors (Lipinski definition) is 4. The number of carbonyl (C=O) groups excluding carboxylic acids is 1. The molecule has 2 aliphatic rings. The summed E-state index contributed by atoms with van der Waals surface area (Å²) in [6.45, 7) is 4.39. The van der Waals surface area contributed by atoms with E-state index in [-0.39, 0.29) is 12.0 Å². The van der Waals surface area contributed by atoms with Crippen LogP contribution in [0.1, 0.15) is 18.4 Å². The van der Waals surface area contributed by atoms with Gasteiger partial charge in [-0.2, -0.15) is 5.10 Å². The Labute approximate surface area is 142 Å².